The molecule has 8 rings (SSSR count). The van der Waals surface area contributed by atoms with Crippen LogP contribution in [0.3, 0.4) is 0 Å². The summed E-state index contributed by atoms with van der Waals surface area (Å²) in [5.41, 5.74) is -0.544. The Kier molecular flexibility index (Phi) is 29.4. The first-order chi connectivity index (χ1) is 37.2. The summed E-state index contributed by atoms with van der Waals surface area (Å²) in [6.45, 7) is 0. The molecule has 6 aromatic carbocycles. The van der Waals surface area contributed by atoms with Crippen molar-refractivity contribution in [3.05, 3.63) is 145 Å². The SMILES string of the molecule is O=S(=O)([O-])c1ccc(NC2=NC(Nc3ccc(S(=O)(=O)[O-])cc3)(Nc3ccc(C=Cc4ccc(NC5(Nc6ccc(S(=O)(=O)[O-])cc6)N=CNC(Nc6ccc(S(=O)(=O)[O-])cc6)=N5)cc4S(=O)(=O)[O-])c(S(=O)(=O)[O-])c3)N=CN2)cc1.[Na+].[Na+].[Na+].[Na+].[Na+].[Na+]. The van der Waals surface area contributed by atoms with Gasteiger partial charge in [-0.1, -0.05) is 24.3 Å². The molecule has 0 aromatic heterocycles. The molecule has 0 fully saturated rings. The van der Waals surface area contributed by atoms with E-state index in [1.807, 2.05) is 0 Å². The van der Waals surface area contributed by atoms with Crippen LogP contribution in [0.1, 0.15) is 11.1 Å². The van der Waals surface area contributed by atoms with E-state index in [1.165, 1.54) is 60.7 Å². The van der Waals surface area contributed by atoms with Gasteiger partial charge in [0.15, 0.2) is 0 Å². The molecule has 0 saturated heterocycles. The number of nitrogens with zero attached hydrogens (tertiary/aromatic N) is 4. The van der Waals surface area contributed by atoms with E-state index in [9.17, 15) is 77.8 Å². The summed E-state index contributed by atoms with van der Waals surface area (Å²) in [4.78, 5) is 13.4. The van der Waals surface area contributed by atoms with Gasteiger partial charge in [-0.05, 0) is 132 Å². The predicted octanol–water partition coefficient (Wildman–Crippen LogP) is -16.2. The number of nitrogens with one attached hydrogen (secondary N) is 8. The molecule has 0 aliphatic carbocycles. The van der Waals surface area contributed by atoms with Crippen molar-refractivity contribution in [2.75, 3.05) is 31.9 Å². The molecular weight excluding hydrogens is 1310 g/mol. The van der Waals surface area contributed by atoms with Gasteiger partial charge < -0.3 is 69.9 Å². The Balaban J connectivity index is 0.00000420. The maximum Gasteiger partial charge on any atom is 1.00 e. The minimum absolute atomic E-state index is 0. The molecule has 86 heavy (non-hydrogen) atoms. The summed E-state index contributed by atoms with van der Waals surface area (Å²) in [6.07, 6.45) is 4.19. The molecule has 0 spiro atoms. The van der Waals surface area contributed by atoms with Gasteiger partial charge in [-0.15, -0.1) is 0 Å². The molecule has 6 aromatic rings. The van der Waals surface area contributed by atoms with Crippen LogP contribution in [0.5, 0.6) is 0 Å². The van der Waals surface area contributed by atoms with Crippen LogP contribution in [-0.2, 0) is 60.7 Å². The van der Waals surface area contributed by atoms with E-state index in [0.29, 0.717) is 0 Å². The van der Waals surface area contributed by atoms with E-state index in [-0.39, 0.29) is 235 Å². The van der Waals surface area contributed by atoms with E-state index in [0.717, 1.165) is 97.6 Å². The van der Waals surface area contributed by atoms with E-state index in [4.69, 9.17) is 0 Å². The van der Waals surface area contributed by atoms with Gasteiger partial charge in [-0.25, -0.2) is 60.5 Å². The summed E-state index contributed by atoms with van der Waals surface area (Å²) in [5.74, 6) is -4.51. The van der Waals surface area contributed by atoms with Gasteiger partial charge in [0.1, 0.15) is 60.7 Å². The fraction of sp³-hybridized carbons (Fsp3) is 0.0455. The first kappa shape index (κ1) is 79.7. The first-order valence-electron chi connectivity index (χ1n) is 21.8. The van der Waals surface area contributed by atoms with Crippen LogP contribution in [0.15, 0.2) is 183 Å². The molecule has 420 valence electrons. The summed E-state index contributed by atoms with van der Waals surface area (Å²) in [6, 6.07) is 23.9. The fourth-order valence-corrected chi connectivity index (χ4v) is 10.5. The standard InChI is InChI=1S/C44H40N12O18S6.6Na/c57-75(58,59)35-15-7-29(8-16-35)49-41-45-25-47-43(55-41,51-31-11-19-37(20-12-31)77(63,64)65)53-33-5-3-27(39(23-33)79(69,70)71)1-2-28-4-6-34(24-40(28)80(72,73)74)54-44(52-32-13-21-38(22-14-32)78(66,67)68)48-26-46-42(56-44)50-30-9-17-36(18-10-30)76(60,61)62;;;;;;/h1-26,51-54H,(H,57,58,59)(H,60,61,62)(H,63,64,65)(H,66,67,68)(H,69,70,71)(H,72,73,74)(H2,45,47,49,55)(H2,46,48,50,56);;;;;;/q;6*+1/p-6. The number of guanidine groups is 2. The zero-order valence-corrected chi connectivity index (χ0v) is 62.5. The Morgan fingerprint density at radius 3 is 0.837 bits per heavy atom. The topological polar surface area (TPSA) is 489 Å². The monoisotopic (exact) mass is 1350 g/mol. The number of benzene rings is 6. The quantitative estimate of drug-likeness (QED) is 0.0171. The van der Waals surface area contributed by atoms with Crippen molar-refractivity contribution in [2.45, 2.75) is 41.2 Å². The van der Waals surface area contributed by atoms with Gasteiger partial charge in [-0.3, -0.25) is 0 Å². The van der Waals surface area contributed by atoms with E-state index < -0.39 is 102 Å². The second kappa shape index (κ2) is 31.8. The molecule has 0 radical (unpaired) electrons. The number of hydrogen-bond donors (Lipinski definition) is 8. The number of aliphatic imine (C=N–C) groups is 4. The van der Waals surface area contributed by atoms with E-state index in [1.54, 1.807) is 0 Å². The molecule has 2 aliphatic rings. The molecule has 30 nitrogen and oxygen atoms in total. The maximum atomic E-state index is 12.9. The van der Waals surface area contributed by atoms with Crippen LogP contribution < -0.4 is 220 Å². The number of rotatable bonds is 18. The van der Waals surface area contributed by atoms with Crippen LogP contribution in [0, 0.1) is 0 Å². The number of anilines is 6. The van der Waals surface area contributed by atoms with Crippen molar-refractivity contribution in [1.82, 2.24) is 10.6 Å². The van der Waals surface area contributed by atoms with Crippen molar-refractivity contribution < 1.29 is 255 Å². The van der Waals surface area contributed by atoms with Gasteiger partial charge in [-0.2, -0.15) is 9.98 Å². The van der Waals surface area contributed by atoms with Crippen molar-refractivity contribution in [1.29, 1.82) is 0 Å². The van der Waals surface area contributed by atoms with Gasteiger partial charge >= 0.3 is 189 Å². The Morgan fingerprint density at radius 2 is 0.581 bits per heavy atom. The Labute approximate surface area is 625 Å². The van der Waals surface area contributed by atoms with Gasteiger partial charge in [0.2, 0.25) is 11.9 Å². The average molecular weight is 1350 g/mol. The van der Waals surface area contributed by atoms with Crippen molar-refractivity contribution >= 4 is 132 Å². The van der Waals surface area contributed by atoms with E-state index >= 15 is 0 Å². The number of hydrogen-bond acceptors (Lipinski definition) is 30. The Morgan fingerprint density at radius 1 is 0.337 bits per heavy atom. The molecule has 8 N–H and O–H groups in total. The van der Waals surface area contributed by atoms with Crippen LogP contribution in [0.4, 0.5) is 34.1 Å². The van der Waals surface area contributed by atoms with Crippen LogP contribution in [-0.4, -0.2) is 114 Å². The van der Waals surface area contributed by atoms with Crippen molar-refractivity contribution in [3.8, 4) is 0 Å². The summed E-state index contributed by atoms with van der Waals surface area (Å²) >= 11 is 0. The van der Waals surface area contributed by atoms with Crippen molar-refractivity contribution in [3.63, 3.8) is 0 Å². The minimum Gasteiger partial charge on any atom is -0.744 e. The van der Waals surface area contributed by atoms with Gasteiger partial charge in [0, 0.05) is 34.1 Å². The van der Waals surface area contributed by atoms with Gasteiger partial charge in [0.25, 0.3) is 0 Å². The van der Waals surface area contributed by atoms with Crippen LogP contribution >= 0.6 is 0 Å². The maximum absolute atomic E-state index is 12.9. The third-order valence-electron chi connectivity index (χ3n) is 10.8. The normalized spacial score (nSPS) is 16.5. The predicted molar refractivity (Wildman–Crippen MR) is 281 cm³/mol. The minimum atomic E-state index is -5.43. The smallest absolute Gasteiger partial charge is 0.744 e. The Bertz CT molecular complexity index is 4040. The molecule has 0 bridgehead atoms. The first-order valence-corrected chi connectivity index (χ1v) is 30.3. The van der Waals surface area contributed by atoms with Crippen LogP contribution in [0.2, 0.25) is 0 Å². The molecule has 42 heteroatoms. The zero-order chi connectivity index (χ0) is 58.1. The molecule has 2 unspecified atom stereocenters. The third kappa shape index (κ3) is 21.6. The van der Waals surface area contributed by atoms with E-state index in [2.05, 4.69) is 62.5 Å². The second-order valence-corrected chi connectivity index (χ2v) is 24.7. The molecule has 2 heterocycles. The molecule has 0 amide bonds. The Hall–Kier alpha value is -2.40. The van der Waals surface area contributed by atoms with Crippen LogP contribution in [0.25, 0.3) is 12.2 Å². The third-order valence-corrected chi connectivity index (χ3v) is 16.0. The molecule has 2 atom stereocenters. The average Bonchev–Trinajstić information content (AvgIpc) is 2.36. The summed E-state index contributed by atoms with van der Waals surface area (Å²) < 4.78 is 216. The zero-order valence-electron chi connectivity index (χ0n) is 45.6. The summed E-state index contributed by atoms with van der Waals surface area (Å²) in [7, 11) is -30.2. The van der Waals surface area contributed by atoms with Crippen molar-refractivity contribution in [2.24, 2.45) is 20.0 Å². The second-order valence-electron chi connectivity index (χ2n) is 16.5. The summed E-state index contributed by atoms with van der Waals surface area (Å²) in [5, 5.41) is 22.4. The largest absolute Gasteiger partial charge is 1.00 e. The molecule has 2 aliphatic heterocycles. The fourth-order valence-electron chi connectivity index (χ4n) is 7.26. The molecular formula is C44H34N12Na6O18S6. The van der Waals surface area contributed by atoms with Gasteiger partial charge in [0.05, 0.1) is 42.0 Å². The molecule has 0 saturated carbocycles.